The number of rotatable bonds is 4. The molecule has 2 fully saturated rings. The van der Waals surface area contributed by atoms with Gasteiger partial charge < -0.3 is 10.1 Å². The minimum atomic E-state index is 0.661. The second-order valence-corrected chi connectivity index (χ2v) is 5.18. The zero-order chi connectivity index (χ0) is 10.7. The fourth-order valence-electron chi connectivity index (χ4n) is 3.13. The predicted octanol–water partition coefficient (Wildman–Crippen LogP) is 0.953. The van der Waals surface area contributed by atoms with Gasteiger partial charge in [-0.3, -0.25) is 4.90 Å². The first-order valence-electron chi connectivity index (χ1n) is 6.25. The molecule has 0 aromatic heterocycles. The van der Waals surface area contributed by atoms with Crippen LogP contribution in [0.5, 0.6) is 0 Å². The Hall–Kier alpha value is -0.120. The molecule has 3 atom stereocenters. The van der Waals surface area contributed by atoms with E-state index in [0.717, 1.165) is 18.6 Å². The maximum atomic E-state index is 5.21. The SMILES string of the molecule is COCC(C)CN1CCCC2CNCC21. The molecule has 0 spiro atoms. The van der Waals surface area contributed by atoms with Crippen LogP contribution in [-0.2, 0) is 4.74 Å². The van der Waals surface area contributed by atoms with E-state index in [4.69, 9.17) is 4.74 Å². The molecule has 88 valence electrons. The van der Waals surface area contributed by atoms with E-state index in [0.29, 0.717) is 5.92 Å². The van der Waals surface area contributed by atoms with E-state index in [2.05, 4.69) is 17.1 Å². The third-order valence-electron chi connectivity index (χ3n) is 3.79. The van der Waals surface area contributed by atoms with E-state index in [1.807, 2.05) is 0 Å². The summed E-state index contributed by atoms with van der Waals surface area (Å²) in [6.45, 7) is 8.11. The van der Waals surface area contributed by atoms with Gasteiger partial charge in [-0.2, -0.15) is 0 Å². The lowest BCUT2D eigenvalue weighted by Crippen LogP contribution is -2.47. The molecule has 15 heavy (non-hydrogen) atoms. The smallest absolute Gasteiger partial charge is 0.0500 e. The number of ether oxygens (including phenoxy) is 1. The van der Waals surface area contributed by atoms with E-state index in [1.165, 1.54) is 39.0 Å². The average Bonchev–Trinajstić information content (AvgIpc) is 2.67. The Balaban J connectivity index is 1.84. The molecule has 3 unspecified atom stereocenters. The van der Waals surface area contributed by atoms with Crippen molar-refractivity contribution in [1.82, 2.24) is 10.2 Å². The molecule has 2 aliphatic heterocycles. The molecule has 0 amide bonds. The summed E-state index contributed by atoms with van der Waals surface area (Å²) in [5.74, 6) is 1.57. The zero-order valence-electron chi connectivity index (χ0n) is 10.0. The molecule has 1 N–H and O–H groups in total. The van der Waals surface area contributed by atoms with Crippen LogP contribution in [0.3, 0.4) is 0 Å². The highest BCUT2D eigenvalue weighted by molar-refractivity contribution is 4.92. The number of fused-ring (bicyclic) bond motifs is 1. The van der Waals surface area contributed by atoms with Crippen molar-refractivity contribution in [3.63, 3.8) is 0 Å². The predicted molar refractivity (Wildman–Crippen MR) is 62.0 cm³/mol. The number of hydrogen-bond acceptors (Lipinski definition) is 3. The monoisotopic (exact) mass is 212 g/mol. The first-order chi connectivity index (χ1) is 7.31. The van der Waals surface area contributed by atoms with Crippen molar-refractivity contribution in [1.29, 1.82) is 0 Å². The third kappa shape index (κ3) is 2.71. The minimum absolute atomic E-state index is 0.661. The highest BCUT2D eigenvalue weighted by Gasteiger charge is 2.34. The summed E-state index contributed by atoms with van der Waals surface area (Å²) >= 11 is 0. The minimum Gasteiger partial charge on any atom is -0.384 e. The topological polar surface area (TPSA) is 24.5 Å². The summed E-state index contributed by atoms with van der Waals surface area (Å²) in [5, 5.41) is 3.53. The van der Waals surface area contributed by atoms with Gasteiger partial charge in [0.25, 0.3) is 0 Å². The van der Waals surface area contributed by atoms with Crippen molar-refractivity contribution in [3.05, 3.63) is 0 Å². The van der Waals surface area contributed by atoms with Crippen molar-refractivity contribution < 1.29 is 4.74 Å². The molecule has 0 bridgehead atoms. The number of piperidine rings is 1. The third-order valence-corrected chi connectivity index (χ3v) is 3.79. The van der Waals surface area contributed by atoms with E-state index < -0.39 is 0 Å². The molecule has 0 aromatic carbocycles. The fraction of sp³-hybridized carbons (Fsp3) is 1.00. The molecular weight excluding hydrogens is 188 g/mol. The van der Waals surface area contributed by atoms with Crippen LogP contribution >= 0.6 is 0 Å². The van der Waals surface area contributed by atoms with Gasteiger partial charge in [-0.05, 0) is 37.8 Å². The Morgan fingerprint density at radius 1 is 1.47 bits per heavy atom. The molecule has 3 heteroatoms. The zero-order valence-corrected chi connectivity index (χ0v) is 10.0. The molecule has 0 radical (unpaired) electrons. The lowest BCUT2D eigenvalue weighted by Gasteiger charge is -2.38. The lowest BCUT2D eigenvalue weighted by molar-refractivity contribution is 0.0784. The quantitative estimate of drug-likeness (QED) is 0.751. The second kappa shape index (κ2) is 5.28. The van der Waals surface area contributed by atoms with Crippen LogP contribution in [0.15, 0.2) is 0 Å². The summed E-state index contributed by atoms with van der Waals surface area (Å²) in [4.78, 5) is 2.68. The molecule has 2 rings (SSSR count). The number of methoxy groups -OCH3 is 1. The van der Waals surface area contributed by atoms with Gasteiger partial charge in [0.05, 0.1) is 0 Å². The number of hydrogen-bond donors (Lipinski definition) is 1. The summed E-state index contributed by atoms with van der Waals surface area (Å²) in [6.07, 6.45) is 2.80. The van der Waals surface area contributed by atoms with Gasteiger partial charge in [0.15, 0.2) is 0 Å². The Kier molecular flexibility index (Phi) is 4.00. The van der Waals surface area contributed by atoms with Gasteiger partial charge >= 0.3 is 0 Å². The van der Waals surface area contributed by atoms with Gasteiger partial charge in [0, 0.05) is 32.8 Å². The van der Waals surface area contributed by atoms with Gasteiger partial charge in [0.2, 0.25) is 0 Å². The highest BCUT2D eigenvalue weighted by Crippen LogP contribution is 2.26. The summed E-state index contributed by atoms with van der Waals surface area (Å²) in [6, 6.07) is 0.804. The van der Waals surface area contributed by atoms with Gasteiger partial charge in [-0.15, -0.1) is 0 Å². The molecule has 2 aliphatic rings. The summed E-state index contributed by atoms with van der Waals surface area (Å²) in [7, 11) is 1.80. The fourth-order valence-corrected chi connectivity index (χ4v) is 3.13. The summed E-state index contributed by atoms with van der Waals surface area (Å²) < 4.78 is 5.21. The van der Waals surface area contributed by atoms with Crippen LogP contribution in [0.1, 0.15) is 19.8 Å². The van der Waals surface area contributed by atoms with Crippen molar-refractivity contribution in [3.8, 4) is 0 Å². The van der Waals surface area contributed by atoms with Crippen LogP contribution in [0, 0.1) is 11.8 Å². The average molecular weight is 212 g/mol. The normalized spacial score (nSPS) is 34.0. The Morgan fingerprint density at radius 3 is 3.13 bits per heavy atom. The number of nitrogens with one attached hydrogen (secondary N) is 1. The number of likely N-dealkylation sites (tertiary alicyclic amines) is 1. The first-order valence-corrected chi connectivity index (χ1v) is 6.25. The molecule has 0 saturated carbocycles. The molecule has 3 nitrogen and oxygen atoms in total. The Bertz CT molecular complexity index is 198. The molecular formula is C12H24N2O. The lowest BCUT2D eigenvalue weighted by atomic mass is 9.91. The van der Waals surface area contributed by atoms with Gasteiger partial charge in [-0.25, -0.2) is 0 Å². The van der Waals surface area contributed by atoms with Crippen LogP contribution in [-0.4, -0.2) is 50.8 Å². The van der Waals surface area contributed by atoms with Crippen LogP contribution in [0.2, 0.25) is 0 Å². The Labute approximate surface area is 93.2 Å². The van der Waals surface area contributed by atoms with E-state index in [-0.39, 0.29) is 0 Å². The van der Waals surface area contributed by atoms with Crippen molar-refractivity contribution >= 4 is 0 Å². The van der Waals surface area contributed by atoms with Crippen LogP contribution in [0.4, 0.5) is 0 Å². The van der Waals surface area contributed by atoms with E-state index in [1.54, 1.807) is 7.11 Å². The Morgan fingerprint density at radius 2 is 2.33 bits per heavy atom. The van der Waals surface area contributed by atoms with Crippen LogP contribution < -0.4 is 5.32 Å². The molecule has 2 saturated heterocycles. The number of nitrogens with zero attached hydrogens (tertiary/aromatic N) is 1. The van der Waals surface area contributed by atoms with Crippen molar-refractivity contribution in [2.45, 2.75) is 25.8 Å². The van der Waals surface area contributed by atoms with E-state index in [9.17, 15) is 0 Å². The largest absolute Gasteiger partial charge is 0.384 e. The van der Waals surface area contributed by atoms with E-state index >= 15 is 0 Å². The second-order valence-electron chi connectivity index (χ2n) is 5.18. The standard InChI is InChI=1S/C12H24N2O/c1-10(9-15-2)8-14-5-3-4-11-6-13-7-12(11)14/h10-13H,3-9H2,1-2H3. The maximum Gasteiger partial charge on any atom is 0.0500 e. The van der Waals surface area contributed by atoms with Crippen molar-refractivity contribution in [2.75, 3.05) is 39.9 Å². The summed E-state index contributed by atoms with van der Waals surface area (Å²) in [5.41, 5.74) is 0. The van der Waals surface area contributed by atoms with Crippen molar-refractivity contribution in [2.24, 2.45) is 11.8 Å². The molecule has 0 aromatic rings. The highest BCUT2D eigenvalue weighted by atomic mass is 16.5. The first kappa shape index (κ1) is 11.4. The van der Waals surface area contributed by atoms with Gasteiger partial charge in [-0.1, -0.05) is 6.92 Å². The van der Waals surface area contributed by atoms with Crippen LogP contribution in [0.25, 0.3) is 0 Å². The maximum absolute atomic E-state index is 5.21. The molecule has 2 heterocycles. The molecule has 0 aliphatic carbocycles. The van der Waals surface area contributed by atoms with Gasteiger partial charge in [0.1, 0.15) is 0 Å².